The molecule has 0 saturated carbocycles. The van der Waals surface area contributed by atoms with Crippen LogP contribution in [0, 0.1) is 0 Å². The molecule has 0 atom stereocenters. The number of ether oxygens (including phenoxy) is 3. The molecule has 0 aliphatic carbocycles. The molecule has 4 aromatic carbocycles. The van der Waals surface area contributed by atoms with Crippen molar-refractivity contribution in [2.24, 2.45) is 4.99 Å². The summed E-state index contributed by atoms with van der Waals surface area (Å²) in [5, 5.41) is 3.36. The summed E-state index contributed by atoms with van der Waals surface area (Å²) in [5.41, 5.74) is 3.08. The predicted octanol–water partition coefficient (Wildman–Crippen LogP) is 7.29. The molecular formula is C33H28BrN3O5S. The fraction of sp³-hybridized carbons (Fsp3) is 0.121. The fourth-order valence-corrected chi connectivity index (χ4v) is 5.62. The number of carbonyl (C=O) groups excluding carboxylic acids is 2. The van der Waals surface area contributed by atoms with Gasteiger partial charge < -0.3 is 19.5 Å². The zero-order valence-corrected chi connectivity index (χ0v) is 25.9. The lowest BCUT2D eigenvalue weighted by Gasteiger charge is -2.16. The number of hydrogen-bond acceptors (Lipinski definition) is 7. The Balaban J connectivity index is 1.38. The number of thioether (sulfide) groups is 1. The summed E-state index contributed by atoms with van der Waals surface area (Å²) in [6.07, 6.45) is 1.79. The molecule has 0 aromatic heterocycles. The van der Waals surface area contributed by atoms with Gasteiger partial charge in [-0.3, -0.25) is 14.5 Å². The van der Waals surface area contributed by atoms with Crippen LogP contribution in [-0.4, -0.2) is 42.7 Å². The van der Waals surface area contributed by atoms with Crippen LogP contribution in [-0.2, 0) is 16.1 Å². The van der Waals surface area contributed by atoms with Crippen molar-refractivity contribution < 1.29 is 23.8 Å². The van der Waals surface area contributed by atoms with Crippen LogP contribution in [0.2, 0.25) is 0 Å². The molecule has 8 nitrogen and oxygen atoms in total. The van der Waals surface area contributed by atoms with E-state index in [4.69, 9.17) is 19.2 Å². The van der Waals surface area contributed by atoms with Crippen molar-refractivity contribution >= 4 is 62.1 Å². The number of methoxy groups -OCH3 is 2. The molecule has 0 spiro atoms. The Morgan fingerprint density at radius 1 is 0.930 bits per heavy atom. The molecule has 0 radical (unpaired) electrons. The number of carbonyl (C=O) groups is 2. The average Bonchev–Trinajstić information content (AvgIpc) is 3.31. The van der Waals surface area contributed by atoms with E-state index in [1.807, 2.05) is 72.8 Å². The molecule has 4 aromatic rings. The SMILES string of the molecule is COc1ccc(CN2C(=O)/C(=C/c3cc(OC)c(OCC(=O)Nc4ccccc4)cc3Br)SC2=Nc2ccccc2)cc1. The molecular weight excluding hydrogens is 630 g/mol. The summed E-state index contributed by atoms with van der Waals surface area (Å²) >= 11 is 4.89. The van der Waals surface area contributed by atoms with Gasteiger partial charge >= 0.3 is 0 Å². The lowest BCUT2D eigenvalue weighted by molar-refractivity contribution is -0.122. The van der Waals surface area contributed by atoms with E-state index >= 15 is 0 Å². The molecule has 1 N–H and O–H groups in total. The monoisotopic (exact) mass is 657 g/mol. The van der Waals surface area contributed by atoms with Gasteiger partial charge in [-0.15, -0.1) is 0 Å². The highest BCUT2D eigenvalue weighted by Crippen LogP contribution is 2.39. The van der Waals surface area contributed by atoms with Gasteiger partial charge in [-0.1, -0.05) is 64.5 Å². The van der Waals surface area contributed by atoms with Gasteiger partial charge in [0.15, 0.2) is 23.3 Å². The predicted molar refractivity (Wildman–Crippen MR) is 174 cm³/mol. The Labute approximate surface area is 262 Å². The Morgan fingerprint density at radius 3 is 2.30 bits per heavy atom. The minimum Gasteiger partial charge on any atom is -0.497 e. The number of nitrogens with zero attached hydrogens (tertiary/aromatic N) is 2. The summed E-state index contributed by atoms with van der Waals surface area (Å²) in [6, 6.07) is 29.7. The van der Waals surface area contributed by atoms with Crippen LogP contribution in [0.4, 0.5) is 11.4 Å². The molecule has 1 fully saturated rings. The minimum absolute atomic E-state index is 0.167. The Hall–Kier alpha value is -4.54. The molecule has 43 heavy (non-hydrogen) atoms. The van der Waals surface area contributed by atoms with E-state index in [1.165, 1.54) is 18.9 Å². The fourth-order valence-electron chi connectivity index (χ4n) is 4.19. The molecule has 1 saturated heterocycles. The lowest BCUT2D eigenvalue weighted by atomic mass is 10.1. The topological polar surface area (TPSA) is 89.5 Å². The molecule has 218 valence electrons. The number of para-hydroxylation sites is 2. The summed E-state index contributed by atoms with van der Waals surface area (Å²) < 4.78 is 17.3. The second-order valence-electron chi connectivity index (χ2n) is 9.31. The van der Waals surface area contributed by atoms with Crippen molar-refractivity contribution in [1.29, 1.82) is 0 Å². The second kappa shape index (κ2) is 14.1. The first-order valence-electron chi connectivity index (χ1n) is 13.3. The first-order valence-corrected chi connectivity index (χ1v) is 14.9. The van der Waals surface area contributed by atoms with Crippen LogP contribution in [0.3, 0.4) is 0 Å². The number of aliphatic imine (C=N–C) groups is 1. The third-order valence-electron chi connectivity index (χ3n) is 6.35. The van der Waals surface area contributed by atoms with E-state index in [0.29, 0.717) is 43.8 Å². The molecule has 0 unspecified atom stereocenters. The Morgan fingerprint density at radius 2 is 1.63 bits per heavy atom. The van der Waals surface area contributed by atoms with E-state index in [9.17, 15) is 9.59 Å². The molecule has 1 aliphatic heterocycles. The summed E-state index contributed by atoms with van der Waals surface area (Å²) in [7, 11) is 3.14. The number of amides is 2. The number of hydrogen-bond donors (Lipinski definition) is 1. The standard InChI is InChI=1S/C33H28BrN3O5S/c1-40-26-15-13-22(14-16-26)20-37-32(39)30(43-33(37)36-25-11-7-4-8-12-25)18-23-17-28(41-2)29(19-27(23)34)42-21-31(38)35-24-9-5-3-6-10-24/h3-19H,20-21H2,1-2H3,(H,35,38)/b30-18-,36-33?. The van der Waals surface area contributed by atoms with E-state index in [2.05, 4.69) is 21.2 Å². The zero-order valence-electron chi connectivity index (χ0n) is 23.5. The van der Waals surface area contributed by atoms with Crippen LogP contribution in [0.25, 0.3) is 6.08 Å². The maximum atomic E-state index is 13.7. The zero-order chi connectivity index (χ0) is 30.2. The van der Waals surface area contributed by atoms with Gasteiger partial charge in [0.2, 0.25) is 0 Å². The number of benzene rings is 4. The molecule has 10 heteroatoms. The van der Waals surface area contributed by atoms with E-state index < -0.39 is 0 Å². The van der Waals surface area contributed by atoms with Gasteiger partial charge in [0.05, 0.1) is 31.4 Å². The maximum absolute atomic E-state index is 13.7. The Kier molecular flexibility index (Phi) is 9.81. The molecule has 1 heterocycles. The summed E-state index contributed by atoms with van der Waals surface area (Å²) in [5.74, 6) is 1.08. The van der Waals surface area contributed by atoms with Crippen LogP contribution >= 0.6 is 27.7 Å². The molecule has 1 aliphatic rings. The first-order chi connectivity index (χ1) is 20.9. The van der Waals surface area contributed by atoms with Crippen molar-refractivity contribution in [1.82, 2.24) is 4.90 Å². The van der Waals surface area contributed by atoms with Crippen LogP contribution in [0.5, 0.6) is 17.2 Å². The number of anilines is 1. The molecule has 0 bridgehead atoms. The van der Waals surface area contributed by atoms with Crippen LogP contribution in [0.15, 0.2) is 111 Å². The van der Waals surface area contributed by atoms with Crippen molar-refractivity contribution in [2.45, 2.75) is 6.54 Å². The van der Waals surface area contributed by atoms with Gasteiger partial charge in [0.25, 0.3) is 11.8 Å². The van der Waals surface area contributed by atoms with Gasteiger partial charge in [-0.25, -0.2) is 4.99 Å². The van der Waals surface area contributed by atoms with Gasteiger partial charge in [-0.05, 0) is 77.5 Å². The van der Waals surface area contributed by atoms with Crippen molar-refractivity contribution in [3.8, 4) is 17.2 Å². The number of halogens is 1. The second-order valence-corrected chi connectivity index (χ2v) is 11.2. The normalized spacial score (nSPS) is 14.7. The quantitative estimate of drug-likeness (QED) is 0.180. The number of amidine groups is 1. The highest BCUT2D eigenvalue weighted by molar-refractivity contribution is 9.10. The highest BCUT2D eigenvalue weighted by Gasteiger charge is 2.34. The largest absolute Gasteiger partial charge is 0.497 e. The van der Waals surface area contributed by atoms with E-state index in [1.54, 1.807) is 42.4 Å². The molecule has 5 rings (SSSR count). The third-order valence-corrected chi connectivity index (χ3v) is 8.05. The minimum atomic E-state index is -0.300. The first kappa shape index (κ1) is 29.9. The number of rotatable bonds is 10. The summed E-state index contributed by atoms with van der Waals surface area (Å²) in [4.78, 5) is 33.1. The van der Waals surface area contributed by atoms with Gasteiger partial charge in [0, 0.05) is 10.2 Å². The smallest absolute Gasteiger partial charge is 0.267 e. The van der Waals surface area contributed by atoms with Crippen molar-refractivity contribution in [2.75, 3.05) is 26.1 Å². The lowest BCUT2D eigenvalue weighted by Crippen LogP contribution is -2.28. The third kappa shape index (κ3) is 7.65. The van der Waals surface area contributed by atoms with Crippen LogP contribution < -0.4 is 19.5 Å². The van der Waals surface area contributed by atoms with Crippen molar-refractivity contribution in [3.63, 3.8) is 0 Å². The Bertz CT molecular complexity index is 1660. The maximum Gasteiger partial charge on any atom is 0.267 e. The van der Waals surface area contributed by atoms with E-state index in [0.717, 1.165) is 17.0 Å². The highest BCUT2D eigenvalue weighted by atomic mass is 79.9. The summed E-state index contributed by atoms with van der Waals surface area (Å²) in [6.45, 7) is 0.146. The average molecular weight is 659 g/mol. The van der Waals surface area contributed by atoms with Gasteiger partial charge in [-0.2, -0.15) is 0 Å². The van der Waals surface area contributed by atoms with Crippen molar-refractivity contribution in [3.05, 3.63) is 118 Å². The molecule has 2 amide bonds. The number of nitrogens with one attached hydrogen (secondary N) is 1. The van der Waals surface area contributed by atoms with Gasteiger partial charge in [0.1, 0.15) is 5.75 Å². The van der Waals surface area contributed by atoms with E-state index in [-0.39, 0.29) is 18.4 Å². The van der Waals surface area contributed by atoms with Crippen LogP contribution in [0.1, 0.15) is 11.1 Å².